The smallest absolute Gasteiger partial charge is 0.200 e. The van der Waals surface area contributed by atoms with Gasteiger partial charge in [0.15, 0.2) is 11.6 Å². The fourth-order valence-electron chi connectivity index (χ4n) is 2.59. The normalized spacial score (nSPS) is 20.0. The standard InChI is InChI=1S/C19H22F2O2/c1-3-13-6-8-15(9-7-13)16-10-14(5-4-12(2)22)11-17(23)19(21)18(16)20/h6-12,14,22-23H,3-5H2,1-2H3. The third-order valence-electron chi connectivity index (χ3n) is 4.00. The second-order valence-electron chi connectivity index (χ2n) is 5.90. The molecule has 0 saturated carbocycles. The Hall–Kier alpha value is -1.94. The van der Waals surface area contributed by atoms with Gasteiger partial charge in [0.05, 0.1) is 6.10 Å². The molecular formula is C19H22F2O2. The molecule has 1 aliphatic rings. The molecule has 1 aliphatic carbocycles. The van der Waals surface area contributed by atoms with Crippen molar-refractivity contribution < 1.29 is 19.0 Å². The monoisotopic (exact) mass is 320 g/mol. The maximum absolute atomic E-state index is 14.4. The third kappa shape index (κ3) is 4.29. The predicted molar refractivity (Wildman–Crippen MR) is 88.2 cm³/mol. The van der Waals surface area contributed by atoms with Crippen molar-refractivity contribution in [2.75, 3.05) is 0 Å². The molecule has 0 heterocycles. The second kappa shape index (κ2) is 7.55. The topological polar surface area (TPSA) is 40.5 Å². The molecule has 0 aliphatic heterocycles. The Morgan fingerprint density at radius 1 is 1.09 bits per heavy atom. The van der Waals surface area contributed by atoms with Gasteiger partial charge in [-0.1, -0.05) is 37.3 Å². The number of aliphatic hydroxyl groups is 2. The quantitative estimate of drug-likeness (QED) is 0.800. The lowest BCUT2D eigenvalue weighted by molar-refractivity contribution is 0.179. The molecule has 2 atom stereocenters. The molecule has 0 fully saturated rings. The Bertz CT molecular complexity index is 640. The first kappa shape index (κ1) is 17.4. The van der Waals surface area contributed by atoms with Gasteiger partial charge in [-0.3, -0.25) is 0 Å². The van der Waals surface area contributed by atoms with E-state index in [1.807, 2.05) is 19.1 Å². The summed E-state index contributed by atoms with van der Waals surface area (Å²) in [6.07, 6.45) is 4.25. The zero-order chi connectivity index (χ0) is 17.0. The summed E-state index contributed by atoms with van der Waals surface area (Å²) in [5.41, 5.74) is 1.82. The first-order valence-corrected chi connectivity index (χ1v) is 7.88. The van der Waals surface area contributed by atoms with E-state index in [9.17, 15) is 19.0 Å². The molecule has 0 amide bonds. The van der Waals surface area contributed by atoms with Crippen LogP contribution in [-0.2, 0) is 6.42 Å². The van der Waals surface area contributed by atoms with E-state index in [0.29, 0.717) is 18.4 Å². The molecule has 2 unspecified atom stereocenters. The highest BCUT2D eigenvalue weighted by molar-refractivity contribution is 5.79. The molecule has 2 nitrogen and oxygen atoms in total. The first-order chi connectivity index (χ1) is 10.9. The molecule has 0 saturated heterocycles. The summed E-state index contributed by atoms with van der Waals surface area (Å²) in [6.45, 7) is 3.68. The molecular weight excluding hydrogens is 298 g/mol. The van der Waals surface area contributed by atoms with Crippen LogP contribution in [0.1, 0.15) is 37.8 Å². The maximum Gasteiger partial charge on any atom is 0.200 e. The van der Waals surface area contributed by atoms with E-state index in [4.69, 9.17) is 0 Å². The van der Waals surface area contributed by atoms with Gasteiger partial charge in [-0.25, -0.2) is 4.39 Å². The van der Waals surface area contributed by atoms with Crippen molar-refractivity contribution in [3.63, 3.8) is 0 Å². The van der Waals surface area contributed by atoms with Gasteiger partial charge in [-0.05, 0) is 49.3 Å². The van der Waals surface area contributed by atoms with Gasteiger partial charge < -0.3 is 10.2 Å². The van der Waals surface area contributed by atoms with Gasteiger partial charge in [0, 0.05) is 5.57 Å². The molecule has 0 aromatic heterocycles. The highest BCUT2D eigenvalue weighted by Gasteiger charge is 2.22. The minimum atomic E-state index is -1.24. The number of hydrogen-bond donors (Lipinski definition) is 2. The van der Waals surface area contributed by atoms with Crippen LogP contribution in [0, 0.1) is 5.92 Å². The van der Waals surface area contributed by atoms with Crippen LogP contribution in [0.25, 0.3) is 5.57 Å². The van der Waals surface area contributed by atoms with Crippen LogP contribution < -0.4 is 0 Å². The Morgan fingerprint density at radius 3 is 2.30 bits per heavy atom. The minimum absolute atomic E-state index is 0.140. The van der Waals surface area contributed by atoms with Crippen LogP contribution in [0.15, 0.2) is 53.8 Å². The average Bonchev–Trinajstić information content (AvgIpc) is 2.65. The largest absolute Gasteiger partial charge is 0.505 e. The lowest BCUT2D eigenvalue weighted by Gasteiger charge is -2.11. The van der Waals surface area contributed by atoms with E-state index < -0.39 is 23.5 Å². The summed E-state index contributed by atoms with van der Waals surface area (Å²) in [4.78, 5) is 0. The molecule has 1 aromatic carbocycles. The molecule has 124 valence electrons. The van der Waals surface area contributed by atoms with Gasteiger partial charge in [0.1, 0.15) is 0 Å². The van der Waals surface area contributed by atoms with Crippen molar-refractivity contribution in [2.45, 2.75) is 39.2 Å². The summed E-state index contributed by atoms with van der Waals surface area (Å²) in [5, 5.41) is 19.1. The second-order valence-corrected chi connectivity index (χ2v) is 5.90. The van der Waals surface area contributed by atoms with Gasteiger partial charge >= 0.3 is 0 Å². The number of benzene rings is 1. The maximum atomic E-state index is 14.4. The van der Waals surface area contributed by atoms with Gasteiger partial charge in [-0.2, -0.15) is 4.39 Å². The fraction of sp³-hybridized carbons (Fsp3) is 0.368. The van der Waals surface area contributed by atoms with Crippen molar-refractivity contribution in [1.82, 2.24) is 0 Å². The summed E-state index contributed by atoms with van der Waals surface area (Å²) in [7, 11) is 0. The predicted octanol–water partition coefficient (Wildman–Crippen LogP) is 5.02. The van der Waals surface area contributed by atoms with Crippen LogP contribution in [0.3, 0.4) is 0 Å². The number of aliphatic hydroxyl groups excluding tert-OH is 2. The Morgan fingerprint density at radius 2 is 1.74 bits per heavy atom. The Labute approximate surface area is 135 Å². The summed E-state index contributed by atoms with van der Waals surface area (Å²) >= 11 is 0. The number of halogens is 2. The highest BCUT2D eigenvalue weighted by Crippen LogP contribution is 2.35. The lowest BCUT2D eigenvalue weighted by atomic mass is 9.95. The molecule has 0 radical (unpaired) electrons. The minimum Gasteiger partial charge on any atom is -0.505 e. The van der Waals surface area contributed by atoms with E-state index in [0.717, 1.165) is 12.0 Å². The fourth-order valence-corrected chi connectivity index (χ4v) is 2.59. The zero-order valence-electron chi connectivity index (χ0n) is 13.4. The Kier molecular flexibility index (Phi) is 5.72. The van der Waals surface area contributed by atoms with E-state index in [1.54, 1.807) is 25.1 Å². The third-order valence-corrected chi connectivity index (χ3v) is 4.00. The summed E-state index contributed by atoms with van der Waals surface area (Å²) in [5.74, 6) is -3.32. The SMILES string of the molecule is CCc1ccc(C2=CC(CCC(C)O)C=C(O)C(F)=C2F)cc1. The van der Waals surface area contributed by atoms with Crippen molar-refractivity contribution in [3.8, 4) is 0 Å². The van der Waals surface area contributed by atoms with E-state index >= 15 is 0 Å². The van der Waals surface area contributed by atoms with Crippen molar-refractivity contribution >= 4 is 5.57 Å². The lowest BCUT2D eigenvalue weighted by Crippen LogP contribution is -2.03. The number of allylic oxidation sites excluding steroid dienone is 5. The van der Waals surface area contributed by atoms with Crippen LogP contribution in [0.5, 0.6) is 0 Å². The zero-order valence-corrected chi connectivity index (χ0v) is 13.4. The number of hydrogen-bond acceptors (Lipinski definition) is 2. The highest BCUT2D eigenvalue weighted by atomic mass is 19.2. The van der Waals surface area contributed by atoms with Gasteiger partial charge in [0.2, 0.25) is 5.83 Å². The van der Waals surface area contributed by atoms with Gasteiger partial charge in [0.25, 0.3) is 0 Å². The Balaban J connectivity index is 2.39. The van der Waals surface area contributed by atoms with Crippen LogP contribution in [0.4, 0.5) is 8.78 Å². The molecule has 2 rings (SSSR count). The molecule has 0 bridgehead atoms. The number of rotatable bonds is 5. The average molecular weight is 320 g/mol. The van der Waals surface area contributed by atoms with Crippen molar-refractivity contribution in [2.24, 2.45) is 5.92 Å². The van der Waals surface area contributed by atoms with Crippen molar-refractivity contribution in [3.05, 3.63) is 65.0 Å². The molecule has 4 heteroatoms. The van der Waals surface area contributed by atoms with E-state index in [2.05, 4.69) is 0 Å². The number of aryl methyl sites for hydroxylation is 1. The molecule has 23 heavy (non-hydrogen) atoms. The first-order valence-electron chi connectivity index (χ1n) is 7.88. The molecule has 0 spiro atoms. The van der Waals surface area contributed by atoms with Gasteiger partial charge in [-0.15, -0.1) is 0 Å². The molecule has 2 N–H and O–H groups in total. The van der Waals surface area contributed by atoms with Crippen LogP contribution in [-0.4, -0.2) is 16.3 Å². The van der Waals surface area contributed by atoms with Crippen LogP contribution >= 0.6 is 0 Å². The van der Waals surface area contributed by atoms with Crippen LogP contribution in [0.2, 0.25) is 0 Å². The summed E-state index contributed by atoms with van der Waals surface area (Å²) in [6, 6.07) is 7.27. The summed E-state index contributed by atoms with van der Waals surface area (Å²) < 4.78 is 28.4. The van der Waals surface area contributed by atoms with E-state index in [-0.39, 0.29) is 11.5 Å². The molecule has 1 aromatic rings. The van der Waals surface area contributed by atoms with Crippen molar-refractivity contribution in [1.29, 1.82) is 0 Å². The van der Waals surface area contributed by atoms with E-state index in [1.165, 1.54) is 6.08 Å².